The lowest BCUT2D eigenvalue weighted by Crippen LogP contribution is -2.13. The van der Waals surface area contributed by atoms with Gasteiger partial charge in [-0.05, 0) is 109 Å². The van der Waals surface area contributed by atoms with Crippen LogP contribution in [-0.2, 0) is 10.8 Å². The average molecular weight is 1240 g/mol. The number of nitrogens with zero attached hydrogens (tertiary/aromatic N) is 5. The standard InChI is InChI=1S/2C13H15N.C10H8.3C9H7N.4C5H12.4CH4/c1-13(2,3)11-7-6-10-5-4-8-14-12(10)9-11;1-13(2,3)12-9-8-10-6-4-5-7-11(10)14-12;1-2-6-10-8-4-3-7-9(10)5-1;2*1-2-6-9-8(4-1)5-3-7-10-9;1-2-4-9-7-10-6-5-8(9)3-1;4*1-5(2,3)4;;;;/h2*4-9H,1-3H3;1-8H;3*1-7H;4*1-4H3;4*1H4. The predicted octanol–water partition coefficient (Wildman–Crippen LogP) is 27.4. The summed E-state index contributed by atoms with van der Waals surface area (Å²) in [5, 5.41) is 9.88. The van der Waals surface area contributed by atoms with Crippen LogP contribution in [0.5, 0.6) is 0 Å². The van der Waals surface area contributed by atoms with E-state index in [1.165, 1.54) is 48.7 Å². The summed E-state index contributed by atoms with van der Waals surface area (Å²) in [4.78, 5) is 21.4. The lowest BCUT2D eigenvalue weighted by molar-refractivity contribution is 0.469. The highest BCUT2D eigenvalue weighted by molar-refractivity contribution is 5.83. The molecule has 0 saturated carbocycles. The fourth-order valence-electron chi connectivity index (χ4n) is 7.21. The summed E-state index contributed by atoms with van der Waals surface area (Å²) >= 11 is 0. The molecule has 5 heteroatoms. The lowest BCUT2D eigenvalue weighted by atomic mass is 9.86. The maximum atomic E-state index is 4.65. The van der Waals surface area contributed by atoms with Crippen LogP contribution in [0.25, 0.3) is 65.2 Å². The molecule has 5 heterocycles. The summed E-state index contributed by atoms with van der Waals surface area (Å²) in [6, 6.07) is 74.1. The molecule has 0 bridgehead atoms. The van der Waals surface area contributed by atoms with Crippen LogP contribution in [0.4, 0.5) is 0 Å². The number of pyridine rings is 5. The van der Waals surface area contributed by atoms with E-state index in [1.54, 1.807) is 0 Å². The zero-order chi connectivity index (χ0) is 65.6. The first-order valence-corrected chi connectivity index (χ1v) is 31.0. The molecule has 5 nitrogen and oxygen atoms in total. The van der Waals surface area contributed by atoms with Gasteiger partial charge in [0.25, 0.3) is 0 Å². The minimum atomic E-state index is 0. The quantitative estimate of drug-likeness (QED) is 0.151. The van der Waals surface area contributed by atoms with Crippen molar-refractivity contribution < 1.29 is 0 Å². The molecule has 0 N–H and O–H groups in total. The maximum absolute atomic E-state index is 4.65. The van der Waals surface area contributed by atoms with E-state index >= 15 is 0 Å². The summed E-state index contributed by atoms with van der Waals surface area (Å²) < 4.78 is 0. The van der Waals surface area contributed by atoms with E-state index in [0.717, 1.165) is 27.8 Å². The molecule has 0 spiro atoms. The van der Waals surface area contributed by atoms with Crippen LogP contribution in [0.2, 0.25) is 0 Å². The average Bonchev–Trinajstić information content (AvgIpc) is 0.909. The van der Waals surface area contributed by atoms with Crippen LogP contribution in [0, 0.1) is 21.7 Å². The summed E-state index contributed by atoms with van der Waals surface area (Å²) in [5.74, 6) is 0. The van der Waals surface area contributed by atoms with Crippen LogP contribution in [0.15, 0.2) is 249 Å². The van der Waals surface area contributed by atoms with Crippen molar-refractivity contribution in [3.05, 3.63) is 261 Å². The molecule has 0 radical (unpaired) electrons. The Kier molecular flexibility index (Phi) is 38.6. The zero-order valence-corrected chi connectivity index (χ0v) is 57.9. The van der Waals surface area contributed by atoms with Gasteiger partial charge in [-0.2, -0.15) is 0 Å². The molecule has 0 aliphatic rings. The van der Waals surface area contributed by atoms with Gasteiger partial charge in [0.15, 0.2) is 0 Å². The van der Waals surface area contributed by atoms with E-state index in [4.69, 9.17) is 0 Å². The van der Waals surface area contributed by atoms with Gasteiger partial charge in [0.1, 0.15) is 0 Å². The summed E-state index contributed by atoms with van der Waals surface area (Å²) in [6.45, 7) is 48.2. The molecule has 0 saturated heterocycles. The lowest BCUT2D eigenvalue weighted by Gasteiger charge is -2.19. The number of hydrogen-bond donors (Lipinski definition) is 0. The van der Waals surface area contributed by atoms with Gasteiger partial charge >= 0.3 is 0 Å². The molecule has 92 heavy (non-hydrogen) atoms. The first-order valence-electron chi connectivity index (χ1n) is 31.0. The molecule has 7 aromatic carbocycles. The van der Waals surface area contributed by atoms with Crippen molar-refractivity contribution in [1.82, 2.24) is 24.9 Å². The second kappa shape index (κ2) is 41.4. The molecule has 12 rings (SSSR count). The summed E-state index contributed by atoms with van der Waals surface area (Å²) in [7, 11) is 0. The fourth-order valence-corrected chi connectivity index (χ4v) is 7.21. The van der Waals surface area contributed by atoms with Crippen LogP contribution in [-0.4, -0.2) is 24.9 Å². The minimum absolute atomic E-state index is 0. The molecule has 0 fully saturated rings. The van der Waals surface area contributed by atoms with E-state index in [-0.39, 0.29) is 40.5 Å². The van der Waals surface area contributed by atoms with Gasteiger partial charge < -0.3 is 0 Å². The normalized spacial score (nSPS) is 10.6. The highest BCUT2D eigenvalue weighted by Crippen LogP contribution is 2.26. The van der Waals surface area contributed by atoms with Gasteiger partial charge in [0.2, 0.25) is 0 Å². The van der Waals surface area contributed by atoms with Gasteiger partial charge in [-0.3, -0.25) is 24.9 Å². The Morgan fingerprint density at radius 1 is 0.228 bits per heavy atom. The van der Waals surface area contributed by atoms with E-state index in [9.17, 15) is 0 Å². The first kappa shape index (κ1) is 85.9. The van der Waals surface area contributed by atoms with Crippen LogP contribution < -0.4 is 0 Å². The summed E-state index contributed by atoms with van der Waals surface area (Å²) in [6.07, 6.45) is 9.14. The van der Waals surface area contributed by atoms with Crippen molar-refractivity contribution in [2.24, 2.45) is 21.7 Å². The summed E-state index contributed by atoms with van der Waals surface area (Å²) in [5.41, 5.74) is 9.10. The Morgan fingerprint density at radius 3 is 0.837 bits per heavy atom. The van der Waals surface area contributed by atoms with Gasteiger partial charge in [0, 0.05) is 63.6 Å². The van der Waals surface area contributed by atoms with Crippen molar-refractivity contribution in [2.45, 2.75) is 193 Å². The van der Waals surface area contributed by atoms with Gasteiger partial charge in [-0.15, -0.1) is 0 Å². The van der Waals surface area contributed by atoms with E-state index in [0.29, 0.717) is 21.7 Å². The van der Waals surface area contributed by atoms with Crippen molar-refractivity contribution in [3.8, 4) is 0 Å². The molecule has 0 amide bonds. The van der Waals surface area contributed by atoms with Gasteiger partial charge in [0.05, 0.1) is 22.1 Å². The second-order valence-corrected chi connectivity index (χ2v) is 30.3. The molecule has 0 atom stereocenters. The van der Waals surface area contributed by atoms with Gasteiger partial charge in [-0.25, -0.2) is 0 Å². The second-order valence-electron chi connectivity index (χ2n) is 30.3. The topological polar surface area (TPSA) is 64.5 Å². The highest BCUT2D eigenvalue weighted by atomic mass is 14.7. The number of benzene rings is 7. The molecule has 0 aliphatic heterocycles. The van der Waals surface area contributed by atoms with Crippen molar-refractivity contribution >= 4 is 65.2 Å². The number of aromatic nitrogens is 5. The predicted molar refractivity (Wildman–Crippen MR) is 418 cm³/mol. The Labute approximate surface area is 562 Å². The Hall–Kier alpha value is -8.15. The Balaban J connectivity index is 0. The molecular formula is C87H123N5. The number of fused-ring (bicyclic) bond motifs is 6. The largest absolute Gasteiger partial charge is 0.264 e. The molecule has 5 aromatic heterocycles. The minimum Gasteiger partial charge on any atom is -0.264 e. The number of hydrogen-bond acceptors (Lipinski definition) is 5. The number of rotatable bonds is 0. The number of para-hydroxylation sites is 3. The van der Waals surface area contributed by atoms with Crippen LogP contribution >= 0.6 is 0 Å². The highest BCUT2D eigenvalue weighted by Gasteiger charge is 2.15. The zero-order valence-electron chi connectivity index (χ0n) is 57.9. The smallest absolute Gasteiger partial charge is 0.0705 e. The third-order valence-corrected chi connectivity index (χ3v) is 11.1. The fraction of sp³-hybridized carbons (Fsp3) is 0.368. The van der Waals surface area contributed by atoms with E-state index in [1.807, 2.05) is 116 Å². The molecule has 0 aliphatic carbocycles. The van der Waals surface area contributed by atoms with Crippen LogP contribution in [0.3, 0.4) is 0 Å². The molecule has 12 aromatic rings. The Morgan fingerprint density at radius 2 is 0.500 bits per heavy atom. The maximum Gasteiger partial charge on any atom is 0.0705 e. The van der Waals surface area contributed by atoms with Crippen molar-refractivity contribution in [1.29, 1.82) is 0 Å². The van der Waals surface area contributed by atoms with Crippen molar-refractivity contribution in [2.75, 3.05) is 0 Å². The molecular weight excluding hydrogens is 1110 g/mol. The Bertz CT molecular complexity index is 3170. The SMILES string of the molecule is C.C.C.C.CC(C)(C)C.CC(C)(C)C.CC(C)(C)C.CC(C)(C)C.CC(C)(C)c1ccc2ccccc2n1.CC(C)(C)c1ccc2cccnc2c1.c1ccc2ccccc2c1.c1ccc2cnccc2c1.c1ccc2ncccc2c1.c1ccc2ncccc2c1. The molecule has 496 valence electrons. The van der Waals surface area contributed by atoms with E-state index in [2.05, 4.69) is 311 Å². The monoisotopic (exact) mass is 1240 g/mol. The van der Waals surface area contributed by atoms with Gasteiger partial charge in [-0.1, -0.05) is 346 Å². The van der Waals surface area contributed by atoms with E-state index < -0.39 is 0 Å². The molecule has 0 unspecified atom stereocenters. The van der Waals surface area contributed by atoms with Crippen molar-refractivity contribution in [3.63, 3.8) is 0 Å². The third-order valence-electron chi connectivity index (χ3n) is 11.1. The third kappa shape index (κ3) is 39.9. The van der Waals surface area contributed by atoms with Crippen LogP contribution in [0.1, 0.15) is 193 Å². The first-order chi connectivity index (χ1) is 41.0.